The number of allylic oxidation sites excluding steroid dienone is 1. The minimum atomic E-state index is -0.608. The third kappa shape index (κ3) is 2.49. The molecule has 2 rings (SSSR count). The zero-order chi connectivity index (χ0) is 11.5. The van der Waals surface area contributed by atoms with Gasteiger partial charge in [-0.1, -0.05) is 12.1 Å². The van der Waals surface area contributed by atoms with Crippen molar-refractivity contribution in [1.29, 1.82) is 0 Å². The first-order valence-corrected chi connectivity index (χ1v) is 5.54. The minimum Gasteiger partial charge on any atom is -0.480 e. The van der Waals surface area contributed by atoms with Crippen LogP contribution in [0.2, 0.25) is 0 Å². The van der Waals surface area contributed by atoms with E-state index in [0.29, 0.717) is 12.0 Å². The van der Waals surface area contributed by atoms with Gasteiger partial charge in [-0.05, 0) is 29.3 Å². The third-order valence-corrected chi connectivity index (χ3v) is 2.85. The molecular weight excluding hydrogens is 223 g/mol. The van der Waals surface area contributed by atoms with Crippen LogP contribution in [0.15, 0.2) is 35.9 Å². The van der Waals surface area contributed by atoms with E-state index in [1.807, 2.05) is 24.3 Å². The van der Waals surface area contributed by atoms with Crippen LogP contribution in [0.1, 0.15) is 12.0 Å². The van der Waals surface area contributed by atoms with Crippen molar-refractivity contribution in [2.24, 2.45) is 0 Å². The lowest BCUT2D eigenvalue weighted by atomic mass is 10.0. The standard InChI is InChI=1S/C12H13O3P/c13-10-6-9(12(14)7-10)4-8-2-1-3-11(5-8)15-16/h1-3,5-6,10,13H,4,7,16H2. The van der Waals surface area contributed by atoms with Crippen LogP contribution in [0.5, 0.6) is 5.75 Å². The Labute approximate surface area is 96.4 Å². The van der Waals surface area contributed by atoms with Gasteiger partial charge in [0.2, 0.25) is 0 Å². The summed E-state index contributed by atoms with van der Waals surface area (Å²) in [4.78, 5) is 11.5. The van der Waals surface area contributed by atoms with Crippen molar-refractivity contribution < 1.29 is 14.4 Å². The summed E-state index contributed by atoms with van der Waals surface area (Å²) in [6.45, 7) is 0. The van der Waals surface area contributed by atoms with Gasteiger partial charge in [0, 0.05) is 12.8 Å². The zero-order valence-corrected chi connectivity index (χ0v) is 9.87. The maximum Gasteiger partial charge on any atom is 0.161 e. The molecule has 0 spiro atoms. The van der Waals surface area contributed by atoms with Crippen molar-refractivity contribution in [3.05, 3.63) is 41.5 Å². The Bertz CT molecular complexity index is 440. The van der Waals surface area contributed by atoms with Crippen LogP contribution >= 0.6 is 9.47 Å². The van der Waals surface area contributed by atoms with Gasteiger partial charge in [0.15, 0.2) is 5.78 Å². The van der Waals surface area contributed by atoms with Gasteiger partial charge in [0.1, 0.15) is 5.75 Å². The second-order valence-electron chi connectivity index (χ2n) is 3.83. The van der Waals surface area contributed by atoms with Gasteiger partial charge in [-0.15, -0.1) is 0 Å². The second kappa shape index (κ2) is 4.77. The number of ketones is 1. The summed E-state index contributed by atoms with van der Waals surface area (Å²) >= 11 is 0. The number of Topliss-reactive ketones (excluding diaryl/α,β-unsaturated/α-hetero) is 1. The van der Waals surface area contributed by atoms with E-state index in [9.17, 15) is 9.90 Å². The Morgan fingerprint density at radius 2 is 2.31 bits per heavy atom. The monoisotopic (exact) mass is 236 g/mol. The summed E-state index contributed by atoms with van der Waals surface area (Å²) in [5.41, 5.74) is 1.70. The molecule has 1 aliphatic carbocycles. The van der Waals surface area contributed by atoms with Crippen LogP contribution < -0.4 is 4.52 Å². The molecule has 0 fully saturated rings. The summed E-state index contributed by atoms with van der Waals surface area (Å²) in [7, 11) is 2.19. The quantitative estimate of drug-likeness (QED) is 0.812. The third-order valence-electron chi connectivity index (χ3n) is 2.58. The summed E-state index contributed by atoms with van der Waals surface area (Å²) in [5.74, 6) is 0.777. The Hall–Kier alpha value is -1.18. The lowest BCUT2D eigenvalue weighted by Gasteiger charge is -2.04. The highest BCUT2D eigenvalue weighted by molar-refractivity contribution is 7.10. The molecule has 0 aliphatic heterocycles. The number of carbonyl (C=O) groups excluding carboxylic acids is 1. The summed E-state index contributed by atoms with van der Waals surface area (Å²) in [5, 5.41) is 9.32. The van der Waals surface area contributed by atoms with E-state index >= 15 is 0 Å². The molecule has 84 valence electrons. The van der Waals surface area contributed by atoms with Crippen molar-refractivity contribution in [2.75, 3.05) is 0 Å². The molecule has 16 heavy (non-hydrogen) atoms. The highest BCUT2D eigenvalue weighted by Crippen LogP contribution is 2.22. The van der Waals surface area contributed by atoms with E-state index in [1.54, 1.807) is 6.08 Å². The first-order chi connectivity index (χ1) is 7.69. The van der Waals surface area contributed by atoms with Crippen molar-refractivity contribution in [2.45, 2.75) is 18.9 Å². The van der Waals surface area contributed by atoms with E-state index in [2.05, 4.69) is 9.47 Å². The Kier molecular flexibility index (Phi) is 3.37. The predicted octanol–water partition coefficient (Wildman–Crippen LogP) is 1.66. The van der Waals surface area contributed by atoms with Crippen molar-refractivity contribution in [3.63, 3.8) is 0 Å². The highest BCUT2D eigenvalue weighted by Gasteiger charge is 2.21. The van der Waals surface area contributed by atoms with Gasteiger partial charge < -0.3 is 9.63 Å². The van der Waals surface area contributed by atoms with E-state index in [4.69, 9.17) is 4.52 Å². The van der Waals surface area contributed by atoms with Gasteiger partial charge in [-0.25, -0.2) is 0 Å². The smallest absolute Gasteiger partial charge is 0.161 e. The van der Waals surface area contributed by atoms with Crippen molar-refractivity contribution in [1.82, 2.24) is 0 Å². The minimum absolute atomic E-state index is 0.0321. The molecule has 1 aromatic carbocycles. The summed E-state index contributed by atoms with van der Waals surface area (Å²) < 4.78 is 5.03. The SMILES string of the molecule is O=C1CC(O)C=C1Cc1cccc(OP)c1. The number of benzene rings is 1. The first kappa shape index (κ1) is 11.3. The van der Waals surface area contributed by atoms with Crippen LogP contribution in [0, 0.1) is 0 Å². The van der Waals surface area contributed by atoms with Crippen LogP contribution in [-0.2, 0) is 11.2 Å². The Balaban J connectivity index is 2.15. The molecule has 0 saturated heterocycles. The summed E-state index contributed by atoms with van der Waals surface area (Å²) in [6, 6.07) is 7.54. The van der Waals surface area contributed by atoms with Gasteiger partial charge in [0.05, 0.1) is 15.6 Å². The molecule has 3 nitrogen and oxygen atoms in total. The highest BCUT2D eigenvalue weighted by atomic mass is 31.0. The average Bonchev–Trinajstić information content (AvgIpc) is 2.58. The van der Waals surface area contributed by atoms with Crippen LogP contribution in [-0.4, -0.2) is 17.0 Å². The van der Waals surface area contributed by atoms with Crippen molar-refractivity contribution in [3.8, 4) is 5.75 Å². The van der Waals surface area contributed by atoms with E-state index in [-0.39, 0.29) is 12.2 Å². The number of carbonyl (C=O) groups is 1. The fourth-order valence-electron chi connectivity index (χ4n) is 1.81. The molecule has 1 N–H and O–H groups in total. The number of aliphatic hydroxyl groups excluding tert-OH is 1. The summed E-state index contributed by atoms with van der Waals surface area (Å²) in [6.07, 6.45) is 1.80. The van der Waals surface area contributed by atoms with E-state index in [1.165, 1.54) is 0 Å². The molecule has 1 aliphatic rings. The zero-order valence-electron chi connectivity index (χ0n) is 8.72. The predicted molar refractivity (Wildman–Crippen MR) is 64.2 cm³/mol. The van der Waals surface area contributed by atoms with Crippen LogP contribution in [0.25, 0.3) is 0 Å². The lowest BCUT2D eigenvalue weighted by molar-refractivity contribution is -0.115. The first-order valence-electron chi connectivity index (χ1n) is 5.06. The van der Waals surface area contributed by atoms with Crippen LogP contribution in [0.3, 0.4) is 0 Å². The largest absolute Gasteiger partial charge is 0.480 e. The molecule has 2 unspecified atom stereocenters. The Morgan fingerprint density at radius 3 is 2.94 bits per heavy atom. The molecule has 1 aromatic rings. The van der Waals surface area contributed by atoms with Crippen molar-refractivity contribution >= 4 is 15.2 Å². The number of aliphatic hydroxyl groups is 1. The fraction of sp³-hybridized carbons (Fsp3) is 0.250. The van der Waals surface area contributed by atoms with E-state index in [0.717, 1.165) is 11.3 Å². The van der Waals surface area contributed by atoms with Gasteiger partial charge in [-0.3, -0.25) is 4.79 Å². The average molecular weight is 236 g/mol. The van der Waals surface area contributed by atoms with Gasteiger partial charge in [-0.2, -0.15) is 0 Å². The van der Waals surface area contributed by atoms with Crippen LogP contribution in [0.4, 0.5) is 0 Å². The lowest BCUT2D eigenvalue weighted by Crippen LogP contribution is -2.02. The molecule has 0 bridgehead atoms. The maximum atomic E-state index is 11.5. The Morgan fingerprint density at radius 1 is 1.50 bits per heavy atom. The number of hydrogen-bond acceptors (Lipinski definition) is 3. The number of hydrogen-bond donors (Lipinski definition) is 1. The second-order valence-corrected chi connectivity index (χ2v) is 4.06. The molecule has 0 amide bonds. The molecule has 4 heteroatoms. The molecule has 0 radical (unpaired) electrons. The molecule has 0 saturated carbocycles. The van der Waals surface area contributed by atoms with E-state index < -0.39 is 6.10 Å². The molecule has 2 atom stereocenters. The maximum absolute atomic E-state index is 11.5. The topological polar surface area (TPSA) is 46.5 Å². The molecular formula is C12H13O3P. The molecule has 0 aromatic heterocycles. The molecule has 0 heterocycles. The fourth-order valence-corrected chi connectivity index (χ4v) is 1.96. The van der Waals surface area contributed by atoms with Gasteiger partial charge >= 0.3 is 0 Å². The normalized spacial score (nSPS) is 19.8. The number of rotatable bonds is 3. The van der Waals surface area contributed by atoms with Gasteiger partial charge in [0.25, 0.3) is 0 Å².